The number of nitrogens with one attached hydrogen (secondary N) is 1. The maximum atomic E-state index is 12.8. The quantitative estimate of drug-likeness (QED) is 0.858. The van der Waals surface area contributed by atoms with Gasteiger partial charge in [0.05, 0.1) is 12.2 Å². The van der Waals surface area contributed by atoms with Crippen LogP contribution in [0.3, 0.4) is 0 Å². The van der Waals surface area contributed by atoms with Crippen LogP contribution in [0.2, 0.25) is 0 Å². The van der Waals surface area contributed by atoms with Crippen LogP contribution in [0, 0.1) is 0 Å². The molecule has 0 radical (unpaired) electrons. The smallest absolute Gasteiger partial charge is 0.241 e. The number of hydrogen-bond acceptors (Lipinski definition) is 5. The summed E-state index contributed by atoms with van der Waals surface area (Å²) in [7, 11) is 0. The summed E-state index contributed by atoms with van der Waals surface area (Å²) in [4.78, 5) is 21.0. The zero-order chi connectivity index (χ0) is 16.4. The Morgan fingerprint density at radius 3 is 2.72 bits per heavy atom. The normalized spacial score (nSPS) is 24.6. The van der Waals surface area contributed by atoms with Gasteiger partial charge in [0.25, 0.3) is 0 Å². The molecule has 25 heavy (non-hydrogen) atoms. The van der Waals surface area contributed by atoms with Gasteiger partial charge in [0, 0.05) is 56.0 Å². The molecule has 2 fully saturated rings. The van der Waals surface area contributed by atoms with Crippen molar-refractivity contribution in [3.05, 3.63) is 24.3 Å². The fourth-order valence-electron chi connectivity index (χ4n) is 3.94. The number of carbonyl (C=O) groups is 1. The summed E-state index contributed by atoms with van der Waals surface area (Å²) >= 11 is 1.85. The lowest BCUT2D eigenvalue weighted by molar-refractivity contribution is -0.120. The van der Waals surface area contributed by atoms with E-state index in [1.807, 2.05) is 22.7 Å². The number of halogens is 1. The third-order valence-corrected chi connectivity index (χ3v) is 6.39. The van der Waals surface area contributed by atoms with Gasteiger partial charge >= 0.3 is 0 Å². The third kappa shape index (κ3) is 4.31. The Hall–Kier alpha value is -0.790. The largest absolute Gasteiger partial charge is 0.315 e. The minimum Gasteiger partial charge on any atom is -0.315 e. The molecular formula is C18H27ClN4OS. The van der Waals surface area contributed by atoms with Crippen LogP contribution >= 0.6 is 24.2 Å². The lowest BCUT2D eigenvalue weighted by Crippen LogP contribution is -2.53. The molecule has 5 nitrogen and oxygen atoms in total. The highest BCUT2D eigenvalue weighted by atomic mass is 35.5. The van der Waals surface area contributed by atoms with Crippen molar-refractivity contribution in [1.29, 1.82) is 0 Å². The summed E-state index contributed by atoms with van der Waals surface area (Å²) in [6, 6.07) is 8.98. The van der Waals surface area contributed by atoms with Gasteiger partial charge in [-0.1, -0.05) is 12.1 Å². The van der Waals surface area contributed by atoms with Crippen molar-refractivity contribution in [3.63, 3.8) is 0 Å². The highest BCUT2D eigenvalue weighted by Gasteiger charge is 2.28. The van der Waals surface area contributed by atoms with Gasteiger partial charge in [-0.25, -0.2) is 0 Å². The van der Waals surface area contributed by atoms with Crippen molar-refractivity contribution in [2.24, 2.45) is 0 Å². The van der Waals surface area contributed by atoms with Crippen LogP contribution in [0.4, 0.5) is 5.69 Å². The monoisotopic (exact) mass is 382 g/mol. The summed E-state index contributed by atoms with van der Waals surface area (Å²) in [5.41, 5.74) is 1.09. The highest BCUT2D eigenvalue weighted by Crippen LogP contribution is 2.34. The molecule has 7 heteroatoms. The number of carbonyl (C=O) groups excluding carboxylic acids is 1. The van der Waals surface area contributed by atoms with Crippen LogP contribution in [0.25, 0.3) is 0 Å². The fourth-order valence-corrected chi connectivity index (χ4v) is 4.94. The van der Waals surface area contributed by atoms with E-state index in [9.17, 15) is 4.79 Å². The first-order valence-electron chi connectivity index (χ1n) is 9.00. The van der Waals surface area contributed by atoms with Gasteiger partial charge in [-0.05, 0) is 25.1 Å². The van der Waals surface area contributed by atoms with E-state index in [4.69, 9.17) is 0 Å². The molecule has 1 atom stereocenters. The number of rotatable bonds is 3. The molecule has 1 amide bonds. The van der Waals surface area contributed by atoms with E-state index in [2.05, 4.69) is 33.3 Å². The second-order valence-electron chi connectivity index (χ2n) is 6.82. The van der Waals surface area contributed by atoms with Crippen LogP contribution in [-0.4, -0.2) is 79.9 Å². The molecular weight excluding hydrogens is 356 g/mol. The number of fused-ring (bicyclic) bond motifs is 1. The third-order valence-electron chi connectivity index (χ3n) is 5.35. The second-order valence-corrected chi connectivity index (χ2v) is 7.96. The van der Waals surface area contributed by atoms with Crippen molar-refractivity contribution in [1.82, 2.24) is 15.1 Å². The SMILES string of the molecule is Cl.O=C(CN1CCN(C2CCNC2)CC1)N1CCSc2ccccc21. The van der Waals surface area contributed by atoms with Crippen molar-refractivity contribution in [3.8, 4) is 0 Å². The number of anilines is 1. The molecule has 0 spiro atoms. The summed E-state index contributed by atoms with van der Waals surface area (Å²) in [6.45, 7) is 7.85. The van der Waals surface area contributed by atoms with Crippen molar-refractivity contribution < 1.29 is 4.79 Å². The van der Waals surface area contributed by atoms with Gasteiger partial charge in [0.2, 0.25) is 5.91 Å². The number of para-hydroxylation sites is 1. The van der Waals surface area contributed by atoms with E-state index in [1.165, 1.54) is 11.3 Å². The predicted molar refractivity (Wildman–Crippen MR) is 106 cm³/mol. The highest BCUT2D eigenvalue weighted by molar-refractivity contribution is 7.99. The van der Waals surface area contributed by atoms with Crippen LogP contribution in [-0.2, 0) is 4.79 Å². The fraction of sp³-hybridized carbons (Fsp3) is 0.611. The zero-order valence-electron chi connectivity index (χ0n) is 14.5. The number of amides is 1. The Kier molecular flexibility index (Phi) is 6.63. The molecule has 3 aliphatic heterocycles. The minimum absolute atomic E-state index is 0. The Balaban J connectivity index is 0.00000182. The molecule has 0 saturated carbocycles. The number of benzene rings is 1. The molecule has 138 valence electrons. The topological polar surface area (TPSA) is 38.8 Å². The molecule has 3 heterocycles. The van der Waals surface area contributed by atoms with Gasteiger partial charge in [0.15, 0.2) is 0 Å². The van der Waals surface area contributed by atoms with Gasteiger partial charge in [-0.2, -0.15) is 0 Å². The zero-order valence-corrected chi connectivity index (χ0v) is 16.2. The van der Waals surface area contributed by atoms with Crippen molar-refractivity contribution in [2.75, 3.05) is 63.0 Å². The van der Waals surface area contributed by atoms with Gasteiger partial charge in [0.1, 0.15) is 0 Å². The first-order chi connectivity index (χ1) is 11.8. The molecule has 0 bridgehead atoms. The molecule has 1 N–H and O–H groups in total. The van der Waals surface area contributed by atoms with Crippen molar-refractivity contribution >= 4 is 35.8 Å². The van der Waals surface area contributed by atoms with Crippen LogP contribution < -0.4 is 10.2 Å². The predicted octanol–water partition coefficient (Wildman–Crippen LogP) is 1.53. The summed E-state index contributed by atoms with van der Waals surface area (Å²) in [5, 5.41) is 3.45. The van der Waals surface area contributed by atoms with Gasteiger partial charge in [-0.3, -0.25) is 14.6 Å². The van der Waals surface area contributed by atoms with Crippen molar-refractivity contribution in [2.45, 2.75) is 17.4 Å². The maximum Gasteiger partial charge on any atom is 0.241 e. The van der Waals surface area contributed by atoms with E-state index < -0.39 is 0 Å². The van der Waals surface area contributed by atoms with Gasteiger partial charge in [-0.15, -0.1) is 24.2 Å². The van der Waals surface area contributed by atoms with Crippen LogP contribution in [0.1, 0.15) is 6.42 Å². The average Bonchev–Trinajstić information content (AvgIpc) is 3.16. The molecule has 4 rings (SSSR count). The van der Waals surface area contributed by atoms with E-state index in [0.717, 1.165) is 57.3 Å². The van der Waals surface area contributed by atoms with E-state index >= 15 is 0 Å². The number of hydrogen-bond donors (Lipinski definition) is 1. The van der Waals surface area contributed by atoms with Crippen LogP contribution in [0.5, 0.6) is 0 Å². The molecule has 1 aromatic carbocycles. The Labute approximate surface area is 160 Å². The summed E-state index contributed by atoms with van der Waals surface area (Å²) in [5.74, 6) is 1.24. The van der Waals surface area contributed by atoms with E-state index in [0.29, 0.717) is 12.6 Å². The number of thioether (sulfide) groups is 1. The lowest BCUT2D eigenvalue weighted by atomic mass is 10.2. The number of nitrogens with zero attached hydrogens (tertiary/aromatic N) is 3. The standard InChI is InChI=1S/C18H26N4OS.ClH/c23-18(22-11-12-24-17-4-2-1-3-16(17)22)14-20-7-9-21(10-8-20)15-5-6-19-13-15;/h1-4,15,19H,5-14H2;1H. The summed E-state index contributed by atoms with van der Waals surface area (Å²) < 4.78 is 0. The molecule has 1 unspecified atom stereocenters. The molecule has 0 aliphatic carbocycles. The van der Waals surface area contributed by atoms with E-state index in [1.54, 1.807) is 0 Å². The maximum absolute atomic E-state index is 12.8. The minimum atomic E-state index is 0. The van der Waals surface area contributed by atoms with E-state index in [-0.39, 0.29) is 18.3 Å². The molecule has 2 saturated heterocycles. The molecule has 1 aromatic rings. The molecule has 0 aromatic heterocycles. The Bertz CT molecular complexity index is 588. The summed E-state index contributed by atoms with van der Waals surface area (Å²) in [6.07, 6.45) is 1.27. The lowest BCUT2D eigenvalue weighted by Gasteiger charge is -2.38. The Morgan fingerprint density at radius 1 is 1.16 bits per heavy atom. The molecule has 3 aliphatic rings. The average molecular weight is 383 g/mol. The first-order valence-corrected chi connectivity index (χ1v) is 9.99. The van der Waals surface area contributed by atoms with Gasteiger partial charge < -0.3 is 10.2 Å². The number of piperazine rings is 1. The van der Waals surface area contributed by atoms with Crippen LogP contribution in [0.15, 0.2) is 29.2 Å². The first kappa shape index (κ1) is 19.0. The second kappa shape index (κ2) is 8.73. The Morgan fingerprint density at radius 2 is 1.96 bits per heavy atom.